The minimum absolute atomic E-state index is 0.145. The number of fused-ring (bicyclic) bond motifs is 30. The van der Waals surface area contributed by atoms with Crippen LogP contribution in [0, 0.1) is 0 Å². The smallest absolute Gasteiger partial charge is 0.252 e. The largest absolute Gasteiger partial charge is 0.310 e. The maximum atomic E-state index is 2.66. The second-order valence-corrected chi connectivity index (χ2v) is 23.4. The molecule has 5 heteroatoms. The fourth-order valence-electron chi connectivity index (χ4n) is 16.6. The van der Waals surface area contributed by atoms with Gasteiger partial charge in [0.05, 0.1) is 33.1 Å². The molecule has 15 aromatic carbocycles. The number of aromatic nitrogens is 4. The number of nitrogens with zero attached hydrogens (tertiary/aromatic N) is 4. The van der Waals surface area contributed by atoms with Gasteiger partial charge < -0.3 is 18.3 Å². The average Bonchev–Trinajstić information content (AvgIpc) is 1.70. The molecule has 2 aliphatic rings. The Morgan fingerprint density at radius 1 is 0.205 bits per heavy atom. The van der Waals surface area contributed by atoms with Gasteiger partial charge in [0.2, 0.25) is 0 Å². The number of hydrogen-bond acceptors (Lipinski definition) is 0. The SMILES string of the molecule is c1cc2c3c(c1)-n1c4ccc5c6ccccc6c6ccccc6c5c4c4cc(-n5c6ccccc6c6ccccc65)cc(c41)B3c1cc(-n3c4ccccc4c4ccccc43)cc3c4c5c6ccccc6c6ccccc6c5ccc4n-2c13. The summed E-state index contributed by atoms with van der Waals surface area (Å²) in [5, 5.41) is 25.5. The van der Waals surface area contributed by atoms with E-state index >= 15 is 0 Å². The lowest BCUT2D eigenvalue weighted by Crippen LogP contribution is -2.59. The van der Waals surface area contributed by atoms with E-state index < -0.39 is 0 Å². The lowest BCUT2D eigenvalue weighted by atomic mass is 9.34. The first-order chi connectivity index (χ1) is 41.2. The van der Waals surface area contributed by atoms with Gasteiger partial charge in [-0.05, 0) is 143 Å². The molecule has 0 bridgehead atoms. The third kappa shape index (κ3) is 5.14. The van der Waals surface area contributed by atoms with E-state index in [4.69, 9.17) is 0 Å². The maximum absolute atomic E-state index is 2.66. The molecule has 0 saturated carbocycles. The Morgan fingerprint density at radius 3 is 0.867 bits per heavy atom. The minimum Gasteiger partial charge on any atom is -0.310 e. The van der Waals surface area contributed by atoms with Gasteiger partial charge in [0.15, 0.2) is 0 Å². The van der Waals surface area contributed by atoms with Gasteiger partial charge in [-0.25, -0.2) is 0 Å². The molecule has 0 aliphatic carbocycles. The van der Waals surface area contributed by atoms with Crippen LogP contribution >= 0.6 is 0 Å². The summed E-state index contributed by atoms with van der Waals surface area (Å²) in [6.07, 6.45) is 0. The molecule has 0 spiro atoms. The van der Waals surface area contributed by atoms with Crippen LogP contribution in [-0.2, 0) is 0 Å². The van der Waals surface area contributed by atoms with Crippen molar-refractivity contribution in [1.82, 2.24) is 18.3 Å². The van der Waals surface area contributed by atoms with Crippen LogP contribution in [0.3, 0.4) is 0 Å². The van der Waals surface area contributed by atoms with Crippen LogP contribution in [0.1, 0.15) is 0 Å². The van der Waals surface area contributed by atoms with E-state index in [0.29, 0.717) is 0 Å². The molecule has 2 aliphatic heterocycles. The molecule has 0 radical (unpaired) electrons. The summed E-state index contributed by atoms with van der Waals surface area (Å²) in [4.78, 5) is 0. The molecule has 4 nitrogen and oxygen atoms in total. The Labute approximate surface area is 474 Å². The summed E-state index contributed by atoms with van der Waals surface area (Å²) < 4.78 is 10.4. The van der Waals surface area contributed by atoms with E-state index in [1.807, 2.05) is 0 Å². The summed E-state index contributed by atoms with van der Waals surface area (Å²) in [5.74, 6) is 0. The van der Waals surface area contributed by atoms with Gasteiger partial charge in [-0.2, -0.15) is 0 Å². The monoisotopic (exact) mass is 1050 g/mol. The first kappa shape index (κ1) is 43.0. The first-order valence-electron chi connectivity index (χ1n) is 29.0. The van der Waals surface area contributed by atoms with Gasteiger partial charge >= 0.3 is 0 Å². The highest BCUT2D eigenvalue weighted by Gasteiger charge is 2.42. The summed E-state index contributed by atoms with van der Waals surface area (Å²) in [6.45, 7) is -0.145. The van der Waals surface area contributed by atoms with Gasteiger partial charge in [-0.15, -0.1) is 0 Å². The summed E-state index contributed by atoms with van der Waals surface area (Å²) >= 11 is 0. The van der Waals surface area contributed by atoms with Gasteiger partial charge in [-0.3, -0.25) is 0 Å². The van der Waals surface area contributed by atoms with Crippen LogP contribution < -0.4 is 16.4 Å². The fraction of sp³-hybridized carbons (Fsp3) is 0. The van der Waals surface area contributed by atoms with Gasteiger partial charge in [0.1, 0.15) is 0 Å². The van der Waals surface area contributed by atoms with E-state index in [1.165, 1.54) is 180 Å². The number of hydrogen-bond donors (Lipinski definition) is 0. The van der Waals surface area contributed by atoms with Crippen LogP contribution in [0.4, 0.5) is 0 Å². The van der Waals surface area contributed by atoms with Crippen molar-refractivity contribution in [2.45, 2.75) is 0 Å². The van der Waals surface area contributed by atoms with E-state index in [0.717, 1.165) is 11.4 Å². The molecule has 6 heterocycles. The average molecular weight is 1050 g/mol. The third-order valence-corrected chi connectivity index (χ3v) is 19.6. The standard InChI is InChI=1S/C78H43BN4/c1-3-22-50-46(18-1)48-20-5-7-28-56(48)72-58(50)36-38-68-74(72)60-40-44(80-64-30-13-9-24-52(64)53-25-10-14-31-65(53)80)42-62-77(60)82(68)70-34-17-35-71-76(70)79(62)63-43-45(81-66-32-15-11-26-54(66)55-27-12-16-33-67(55)81)41-61-75-69(83(71)78(61)63)39-37-59-51-23-4-2-19-47(51)49-21-6-8-29-57(49)73(59)75/h1-43H. The molecule has 0 N–H and O–H groups in total. The maximum Gasteiger partial charge on any atom is 0.252 e. The Kier molecular flexibility index (Phi) is 7.83. The minimum atomic E-state index is -0.145. The topological polar surface area (TPSA) is 19.7 Å². The Hall–Kier alpha value is -10.9. The molecule has 0 saturated heterocycles. The molecule has 0 atom stereocenters. The first-order valence-corrected chi connectivity index (χ1v) is 29.0. The summed E-state index contributed by atoms with van der Waals surface area (Å²) in [5.41, 5.74) is 18.5. The molecule has 4 aromatic heterocycles. The quantitative estimate of drug-likeness (QED) is 0.121. The van der Waals surface area contributed by atoms with Crippen molar-refractivity contribution in [2.75, 3.05) is 0 Å². The van der Waals surface area contributed by atoms with E-state index in [-0.39, 0.29) is 6.71 Å². The zero-order valence-electron chi connectivity index (χ0n) is 44.7. The highest BCUT2D eigenvalue weighted by Crippen LogP contribution is 2.49. The predicted octanol–water partition coefficient (Wildman–Crippen LogP) is 18.1. The molecule has 19 aromatic rings. The number of rotatable bonds is 2. The second kappa shape index (κ2) is 15.1. The molecule has 0 fully saturated rings. The lowest BCUT2D eigenvalue weighted by molar-refractivity contribution is 1.14. The van der Waals surface area contributed by atoms with Crippen LogP contribution in [0.2, 0.25) is 0 Å². The molecule has 378 valence electrons. The zero-order valence-corrected chi connectivity index (χ0v) is 44.7. The van der Waals surface area contributed by atoms with E-state index in [2.05, 4.69) is 279 Å². The van der Waals surface area contributed by atoms with Crippen molar-refractivity contribution in [3.05, 3.63) is 261 Å². The number of para-hydroxylation sites is 4. The normalized spacial score (nSPS) is 13.0. The van der Waals surface area contributed by atoms with E-state index in [9.17, 15) is 0 Å². The molecule has 0 unspecified atom stereocenters. The Morgan fingerprint density at radius 2 is 0.506 bits per heavy atom. The second-order valence-electron chi connectivity index (χ2n) is 23.4. The van der Waals surface area contributed by atoms with Crippen LogP contribution in [0.5, 0.6) is 0 Å². The van der Waals surface area contributed by atoms with Gasteiger partial charge in [0.25, 0.3) is 6.71 Å². The number of benzene rings is 15. The zero-order chi connectivity index (χ0) is 53.5. The van der Waals surface area contributed by atoms with Crippen molar-refractivity contribution in [3.8, 4) is 22.7 Å². The Balaban J connectivity index is 0.998. The van der Waals surface area contributed by atoms with Crippen molar-refractivity contribution >= 4 is 175 Å². The lowest BCUT2D eigenvalue weighted by Gasteiger charge is -2.34. The third-order valence-electron chi connectivity index (χ3n) is 19.6. The van der Waals surface area contributed by atoms with Crippen molar-refractivity contribution < 1.29 is 0 Å². The molecular formula is C78H43BN4. The van der Waals surface area contributed by atoms with Crippen molar-refractivity contribution in [1.29, 1.82) is 0 Å². The van der Waals surface area contributed by atoms with Gasteiger partial charge in [0, 0.05) is 87.6 Å². The van der Waals surface area contributed by atoms with E-state index in [1.54, 1.807) is 0 Å². The summed E-state index contributed by atoms with van der Waals surface area (Å²) in [6, 6.07) is 99.3. The van der Waals surface area contributed by atoms with Crippen LogP contribution in [0.15, 0.2) is 261 Å². The highest BCUT2D eigenvalue weighted by atomic mass is 15.0. The fourth-order valence-corrected chi connectivity index (χ4v) is 16.6. The molecule has 21 rings (SSSR count). The molecular weight excluding hydrogens is 1000 g/mol. The molecule has 83 heavy (non-hydrogen) atoms. The Bertz CT molecular complexity index is 5710. The van der Waals surface area contributed by atoms with Crippen molar-refractivity contribution in [2.24, 2.45) is 0 Å². The van der Waals surface area contributed by atoms with Crippen LogP contribution in [-0.4, -0.2) is 25.0 Å². The molecule has 0 amide bonds. The predicted molar refractivity (Wildman–Crippen MR) is 353 cm³/mol. The van der Waals surface area contributed by atoms with Gasteiger partial charge in [-0.1, -0.05) is 188 Å². The van der Waals surface area contributed by atoms with Crippen LogP contribution in [0.25, 0.3) is 175 Å². The van der Waals surface area contributed by atoms with Crippen molar-refractivity contribution in [3.63, 3.8) is 0 Å². The highest BCUT2D eigenvalue weighted by molar-refractivity contribution is 7.00. The summed E-state index contributed by atoms with van der Waals surface area (Å²) in [7, 11) is 0.